The summed E-state index contributed by atoms with van der Waals surface area (Å²) in [6, 6.07) is 13.6. The van der Waals surface area contributed by atoms with E-state index in [-0.39, 0.29) is 12.2 Å². The number of rotatable bonds is 6. The van der Waals surface area contributed by atoms with Crippen molar-refractivity contribution in [3.8, 4) is 5.75 Å². The Bertz CT molecular complexity index is 828. The lowest BCUT2D eigenvalue weighted by atomic mass is 10.2. The molecule has 3 aromatic rings. The second kappa shape index (κ2) is 6.50. The molecule has 0 aliphatic carbocycles. The molecule has 1 aromatic heterocycles. The Morgan fingerprint density at radius 3 is 2.91 bits per heavy atom. The van der Waals surface area contributed by atoms with Gasteiger partial charge >= 0.3 is 0 Å². The Hall–Kier alpha value is -2.86. The third-order valence-electron chi connectivity index (χ3n) is 3.45. The summed E-state index contributed by atoms with van der Waals surface area (Å²) >= 11 is 0. The minimum absolute atomic E-state index is 0.0394. The van der Waals surface area contributed by atoms with Gasteiger partial charge in [0.1, 0.15) is 18.5 Å². The molecule has 0 fully saturated rings. The van der Waals surface area contributed by atoms with Gasteiger partial charge in [0.15, 0.2) is 0 Å². The largest absolute Gasteiger partial charge is 0.545 e. The van der Waals surface area contributed by atoms with Gasteiger partial charge in [0.2, 0.25) is 0 Å². The zero-order valence-electron chi connectivity index (χ0n) is 12.3. The van der Waals surface area contributed by atoms with Crippen LogP contribution in [0.25, 0.3) is 11.0 Å². The van der Waals surface area contributed by atoms with Crippen molar-refractivity contribution in [3.63, 3.8) is 0 Å². The van der Waals surface area contributed by atoms with Gasteiger partial charge in [0.25, 0.3) is 0 Å². The van der Waals surface area contributed by atoms with Crippen LogP contribution in [-0.4, -0.2) is 33.3 Å². The molecular formula is C17H15N2O4-. The Balaban J connectivity index is 1.62. The third-order valence-corrected chi connectivity index (χ3v) is 3.45. The predicted molar refractivity (Wildman–Crippen MR) is 82.0 cm³/mol. The number of nitrogens with zero attached hydrogens (tertiary/aromatic N) is 2. The predicted octanol–water partition coefficient (Wildman–Crippen LogP) is 0.840. The molecule has 0 aliphatic rings. The number of carboxylic acids is 1. The monoisotopic (exact) mass is 311 g/mol. The molecule has 0 bridgehead atoms. The summed E-state index contributed by atoms with van der Waals surface area (Å²) in [6.07, 6.45) is 0.921. The lowest BCUT2D eigenvalue weighted by molar-refractivity contribution is -0.255. The van der Waals surface area contributed by atoms with E-state index in [4.69, 9.17) is 4.74 Å². The lowest BCUT2D eigenvalue weighted by Crippen LogP contribution is -2.24. The van der Waals surface area contributed by atoms with Crippen LogP contribution in [0.2, 0.25) is 0 Å². The van der Waals surface area contributed by atoms with Crippen LogP contribution >= 0.6 is 0 Å². The summed E-state index contributed by atoms with van der Waals surface area (Å²) in [5.74, 6) is -0.887. The molecule has 1 atom stereocenters. The maximum atomic E-state index is 10.8. The molecule has 0 unspecified atom stereocenters. The van der Waals surface area contributed by atoms with E-state index in [1.54, 1.807) is 18.5 Å². The standard InChI is InChI=1S/C17H16N2O4/c20-13(9-19-11-18-15-6-1-2-7-16(15)19)10-23-14-5-3-4-12(8-14)17(21)22/h1-8,11,13,20H,9-10H2,(H,21,22)/p-1/t13-/m0/s1. The molecule has 3 rings (SSSR count). The van der Waals surface area contributed by atoms with E-state index in [9.17, 15) is 15.0 Å². The quantitative estimate of drug-likeness (QED) is 0.729. The van der Waals surface area contributed by atoms with Gasteiger partial charge < -0.3 is 24.3 Å². The average molecular weight is 311 g/mol. The van der Waals surface area contributed by atoms with Crippen LogP contribution < -0.4 is 9.84 Å². The maximum absolute atomic E-state index is 10.8. The molecule has 1 N–H and O–H groups in total. The summed E-state index contributed by atoms with van der Waals surface area (Å²) in [4.78, 5) is 15.1. The number of carbonyl (C=O) groups excluding carboxylic acids is 1. The first kappa shape index (κ1) is 15.1. The zero-order valence-corrected chi connectivity index (χ0v) is 12.3. The summed E-state index contributed by atoms with van der Waals surface area (Å²) in [5, 5.41) is 20.9. The average Bonchev–Trinajstić information content (AvgIpc) is 2.96. The van der Waals surface area contributed by atoms with Crippen LogP contribution in [0.15, 0.2) is 54.9 Å². The fourth-order valence-corrected chi connectivity index (χ4v) is 2.34. The van der Waals surface area contributed by atoms with E-state index in [2.05, 4.69) is 4.98 Å². The van der Waals surface area contributed by atoms with Gasteiger partial charge in [-0.3, -0.25) is 0 Å². The molecule has 6 heteroatoms. The highest BCUT2D eigenvalue weighted by atomic mass is 16.5. The lowest BCUT2D eigenvalue weighted by Gasteiger charge is -2.14. The SMILES string of the molecule is O=C([O-])c1cccc(OC[C@@H](O)Cn2cnc3ccccc32)c1. The van der Waals surface area contributed by atoms with Crippen molar-refractivity contribution in [3.05, 3.63) is 60.4 Å². The Morgan fingerprint density at radius 1 is 1.26 bits per heavy atom. The van der Waals surface area contributed by atoms with Gasteiger partial charge in [0.05, 0.1) is 29.9 Å². The molecule has 0 amide bonds. The normalized spacial score (nSPS) is 12.2. The fraction of sp³-hybridized carbons (Fsp3) is 0.176. The Kier molecular flexibility index (Phi) is 4.25. The van der Waals surface area contributed by atoms with Crippen LogP contribution in [0.1, 0.15) is 10.4 Å². The van der Waals surface area contributed by atoms with Gasteiger partial charge in [0, 0.05) is 5.56 Å². The number of carbonyl (C=O) groups is 1. The number of para-hydroxylation sites is 2. The zero-order chi connectivity index (χ0) is 16.2. The van der Waals surface area contributed by atoms with Crippen LogP contribution in [0.3, 0.4) is 0 Å². The van der Waals surface area contributed by atoms with E-state index in [0.29, 0.717) is 12.3 Å². The molecule has 0 radical (unpaired) electrons. The molecule has 6 nitrogen and oxygen atoms in total. The molecule has 0 spiro atoms. The van der Waals surface area contributed by atoms with E-state index in [0.717, 1.165) is 11.0 Å². The van der Waals surface area contributed by atoms with Crippen molar-refractivity contribution in [2.45, 2.75) is 12.6 Å². The second-order valence-corrected chi connectivity index (χ2v) is 5.17. The topological polar surface area (TPSA) is 87.4 Å². The number of aromatic carboxylic acids is 1. The highest BCUT2D eigenvalue weighted by Crippen LogP contribution is 2.15. The minimum atomic E-state index is -1.26. The minimum Gasteiger partial charge on any atom is -0.545 e. The Morgan fingerprint density at radius 2 is 2.09 bits per heavy atom. The first-order chi connectivity index (χ1) is 11.1. The highest BCUT2D eigenvalue weighted by molar-refractivity contribution is 5.86. The van der Waals surface area contributed by atoms with E-state index < -0.39 is 12.1 Å². The van der Waals surface area contributed by atoms with Crippen molar-refractivity contribution in [2.75, 3.05) is 6.61 Å². The third kappa shape index (κ3) is 3.49. The van der Waals surface area contributed by atoms with Crippen molar-refractivity contribution < 1.29 is 19.7 Å². The van der Waals surface area contributed by atoms with Crippen molar-refractivity contribution in [1.29, 1.82) is 0 Å². The maximum Gasteiger partial charge on any atom is 0.120 e. The highest BCUT2D eigenvalue weighted by Gasteiger charge is 2.09. The van der Waals surface area contributed by atoms with Gasteiger partial charge in [-0.15, -0.1) is 0 Å². The van der Waals surface area contributed by atoms with E-state index in [1.807, 2.05) is 28.8 Å². The first-order valence-corrected chi connectivity index (χ1v) is 7.15. The van der Waals surface area contributed by atoms with Crippen molar-refractivity contribution in [1.82, 2.24) is 9.55 Å². The van der Waals surface area contributed by atoms with E-state index in [1.165, 1.54) is 12.1 Å². The van der Waals surface area contributed by atoms with E-state index >= 15 is 0 Å². The number of carboxylic acid groups (broad SMARTS) is 1. The molecule has 0 aliphatic heterocycles. The van der Waals surface area contributed by atoms with Gasteiger partial charge in [-0.2, -0.15) is 0 Å². The summed E-state index contributed by atoms with van der Waals surface area (Å²) in [5.41, 5.74) is 1.84. The van der Waals surface area contributed by atoms with Crippen LogP contribution in [0.4, 0.5) is 0 Å². The fourth-order valence-electron chi connectivity index (χ4n) is 2.34. The molecule has 1 heterocycles. The number of imidazole rings is 1. The Labute approximate surface area is 132 Å². The van der Waals surface area contributed by atoms with Crippen molar-refractivity contribution in [2.24, 2.45) is 0 Å². The van der Waals surface area contributed by atoms with Crippen LogP contribution in [0, 0.1) is 0 Å². The summed E-state index contributed by atoms with van der Waals surface area (Å²) in [6.45, 7) is 0.379. The molecular weight excluding hydrogens is 296 g/mol. The number of ether oxygens (including phenoxy) is 1. The number of benzene rings is 2. The summed E-state index contributed by atoms with van der Waals surface area (Å²) in [7, 11) is 0. The first-order valence-electron chi connectivity index (χ1n) is 7.15. The number of aliphatic hydroxyl groups is 1. The molecule has 23 heavy (non-hydrogen) atoms. The summed E-state index contributed by atoms with van der Waals surface area (Å²) < 4.78 is 7.29. The van der Waals surface area contributed by atoms with Crippen LogP contribution in [-0.2, 0) is 6.54 Å². The number of hydrogen-bond acceptors (Lipinski definition) is 5. The molecule has 2 aromatic carbocycles. The molecule has 0 saturated carbocycles. The molecule has 0 saturated heterocycles. The van der Waals surface area contributed by atoms with Gasteiger partial charge in [-0.1, -0.05) is 24.3 Å². The van der Waals surface area contributed by atoms with Crippen LogP contribution in [0.5, 0.6) is 5.75 Å². The number of aliphatic hydroxyl groups excluding tert-OH is 1. The number of fused-ring (bicyclic) bond motifs is 1. The smallest absolute Gasteiger partial charge is 0.120 e. The number of aromatic nitrogens is 2. The second-order valence-electron chi connectivity index (χ2n) is 5.17. The molecule has 118 valence electrons. The van der Waals surface area contributed by atoms with Crippen molar-refractivity contribution >= 4 is 17.0 Å². The van der Waals surface area contributed by atoms with Gasteiger partial charge in [-0.05, 0) is 24.3 Å². The van der Waals surface area contributed by atoms with Gasteiger partial charge in [-0.25, -0.2) is 4.98 Å². The number of hydrogen-bond donors (Lipinski definition) is 1.